The van der Waals surface area contributed by atoms with E-state index in [1.807, 2.05) is 36.4 Å². The van der Waals surface area contributed by atoms with E-state index in [0.29, 0.717) is 19.4 Å². The number of methoxy groups -OCH3 is 1. The van der Waals surface area contributed by atoms with Gasteiger partial charge in [-0.25, -0.2) is 0 Å². The number of benzene rings is 2. The monoisotopic (exact) mass is 510 g/mol. The van der Waals surface area contributed by atoms with Gasteiger partial charge in [-0.3, -0.25) is 9.78 Å². The molecule has 0 aliphatic carbocycles. The van der Waals surface area contributed by atoms with Crippen LogP contribution in [0.15, 0.2) is 54.7 Å². The quantitative estimate of drug-likeness (QED) is 0.319. The molecule has 1 saturated heterocycles. The summed E-state index contributed by atoms with van der Waals surface area (Å²) >= 11 is 5.96. The molecule has 7 heteroatoms. The second-order valence-electron chi connectivity index (χ2n) is 9.75. The van der Waals surface area contributed by atoms with Crippen LogP contribution < -0.4 is 4.74 Å². The molecule has 0 spiro atoms. The lowest BCUT2D eigenvalue weighted by molar-refractivity contribution is -0.146. The Bertz CT molecular complexity index is 1150. The predicted octanol–water partition coefficient (Wildman–Crippen LogP) is 5.76. The van der Waals surface area contributed by atoms with Crippen LogP contribution in [-0.2, 0) is 11.2 Å². The van der Waals surface area contributed by atoms with Crippen molar-refractivity contribution in [2.75, 3.05) is 26.7 Å². The topological polar surface area (TPSA) is 82.9 Å². The summed E-state index contributed by atoms with van der Waals surface area (Å²) in [5, 5.41) is 22.6. The molecule has 4 rings (SSSR count). The Hall–Kier alpha value is -2.67. The number of ether oxygens (including phenoxy) is 1. The first-order chi connectivity index (χ1) is 17.4. The average Bonchev–Trinajstić information content (AvgIpc) is 2.90. The van der Waals surface area contributed by atoms with Crippen molar-refractivity contribution in [3.8, 4) is 5.75 Å². The number of aliphatic hydroxyl groups is 1. The number of hydrogen-bond acceptors (Lipinski definition) is 5. The maximum atomic E-state index is 12.1. The fourth-order valence-corrected chi connectivity index (χ4v) is 5.43. The van der Waals surface area contributed by atoms with E-state index in [9.17, 15) is 15.0 Å². The Morgan fingerprint density at radius 1 is 1.19 bits per heavy atom. The van der Waals surface area contributed by atoms with Gasteiger partial charge < -0.3 is 19.8 Å². The number of carboxylic acid groups (broad SMARTS) is 1. The largest absolute Gasteiger partial charge is 0.497 e. The fraction of sp³-hybridized carbons (Fsp3) is 0.448. The first kappa shape index (κ1) is 26.4. The maximum absolute atomic E-state index is 12.1. The lowest BCUT2D eigenvalue weighted by Crippen LogP contribution is -2.44. The summed E-state index contributed by atoms with van der Waals surface area (Å²) in [4.78, 5) is 18.8. The molecule has 0 radical (unpaired) electrons. The number of unbranched alkanes of at least 4 members (excludes halogenated alkanes) is 1. The maximum Gasteiger partial charge on any atom is 0.308 e. The molecule has 1 aliphatic heterocycles. The molecular weight excluding hydrogens is 476 g/mol. The molecule has 36 heavy (non-hydrogen) atoms. The smallest absolute Gasteiger partial charge is 0.308 e. The van der Waals surface area contributed by atoms with Gasteiger partial charge in [0, 0.05) is 23.2 Å². The molecule has 1 aliphatic rings. The van der Waals surface area contributed by atoms with E-state index < -0.39 is 18.0 Å². The van der Waals surface area contributed by atoms with Gasteiger partial charge in [0.25, 0.3) is 0 Å². The van der Waals surface area contributed by atoms with E-state index in [1.165, 1.54) is 5.56 Å². The summed E-state index contributed by atoms with van der Waals surface area (Å²) < 4.78 is 5.34. The zero-order chi connectivity index (χ0) is 25.5. The summed E-state index contributed by atoms with van der Waals surface area (Å²) in [6.45, 7) is 2.39. The van der Waals surface area contributed by atoms with Crippen LogP contribution in [0.25, 0.3) is 10.9 Å². The molecule has 0 saturated carbocycles. The zero-order valence-corrected chi connectivity index (χ0v) is 21.5. The molecule has 1 aromatic heterocycles. The summed E-state index contributed by atoms with van der Waals surface area (Å²) in [5.74, 6) is -0.364. The van der Waals surface area contributed by atoms with Gasteiger partial charge in [0.05, 0.1) is 24.6 Å². The number of carboxylic acids is 1. The van der Waals surface area contributed by atoms with Crippen LogP contribution in [0.5, 0.6) is 5.75 Å². The standard InChI is InChI=1S/C29H35ClN2O4/c1-36-23-10-11-27-25(18-23)24(13-15-31-27)28(33)12-7-21-14-17-32(19-26(21)29(34)35)16-3-2-4-20-5-8-22(30)9-6-20/h5-6,8-11,13,15,18,21,26,28,33H,2-4,7,12,14,16-17,19H2,1H3,(H,34,35)/t21-,26+,28-/m1/s1. The van der Waals surface area contributed by atoms with Gasteiger partial charge in [0.1, 0.15) is 5.75 Å². The van der Waals surface area contributed by atoms with Crippen molar-refractivity contribution in [2.45, 2.75) is 44.6 Å². The first-order valence-corrected chi connectivity index (χ1v) is 13.1. The minimum Gasteiger partial charge on any atom is -0.497 e. The highest BCUT2D eigenvalue weighted by molar-refractivity contribution is 6.30. The number of likely N-dealkylation sites (tertiary alicyclic amines) is 1. The van der Waals surface area contributed by atoms with Crippen LogP contribution in [0.1, 0.15) is 49.3 Å². The van der Waals surface area contributed by atoms with Crippen molar-refractivity contribution >= 4 is 28.5 Å². The second kappa shape index (κ2) is 12.5. The molecule has 2 aromatic carbocycles. The molecule has 192 valence electrons. The van der Waals surface area contributed by atoms with Crippen molar-refractivity contribution in [3.63, 3.8) is 0 Å². The Morgan fingerprint density at radius 2 is 2.00 bits per heavy atom. The number of fused-ring (bicyclic) bond motifs is 1. The fourth-order valence-electron chi connectivity index (χ4n) is 5.30. The van der Waals surface area contributed by atoms with Crippen LogP contribution >= 0.6 is 11.6 Å². The molecular formula is C29H35ClN2O4. The van der Waals surface area contributed by atoms with E-state index in [2.05, 4.69) is 22.0 Å². The first-order valence-electron chi connectivity index (χ1n) is 12.7. The van der Waals surface area contributed by atoms with Gasteiger partial charge in [-0.15, -0.1) is 0 Å². The number of hydrogen-bond donors (Lipinski definition) is 2. The number of piperidine rings is 1. The Balaban J connectivity index is 1.29. The van der Waals surface area contributed by atoms with Gasteiger partial charge >= 0.3 is 5.97 Å². The molecule has 0 unspecified atom stereocenters. The summed E-state index contributed by atoms with van der Waals surface area (Å²) in [7, 11) is 1.62. The third kappa shape index (κ3) is 6.75. The number of aliphatic hydroxyl groups excluding tert-OH is 1. The van der Waals surface area contributed by atoms with Gasteiger partial charge in [-0.05, 0) is 105 Å². The second-order valence-corrected chi connectivity index (χ2v) is 10.2. The van der Waals surface area contributed by atoms with E-state index >= 15 is 0 Å². The van der Waals surface area contributed by atoms with Crippen LogP contribution in [0, 0.1) is 11.8 Å². The van der Waals surface area contributed by atoms with Crippen molar-refractivity contribution in [1.29, 1.82) is 0 Å². The molecule has 0 bridgehead atoms. The van der Waals surface area contributed by atoms with E-state index in [4.69, 9.17) is 16.3 Å². The lowest BCUT2D eigenvalue weighted by atomic mass is 9.81. The number of aliphatic carboxylic acids is 1. The van der Waals surface area contributed by atoms with Crippen LogP contribution in [-0.4, -0.2) is 52.8 Å². The van der Waals surface area contributed by atoms with Crippen molar-refractivity contribution in [3.05, 3.63) is 70.9 Å². The van der Waals surface area contributed by atoms with Crippen LogP contribution in [0.2, 0.25) is 5.02 Å². The van der Waals surface area contributed by atoms with Crippen molar-refractivity contribution in [1.82, 2.24) is 9.88 Å². The van der Waals surface area contributed by atoms with Crippen molar-refractivity contribution < 1.29 is 19.7 Å². The zero-order valence-electron chi connectivity index (χ0n) is 20.8. The number of aryl methyl sites for hydroxylation is 1. The summed E-state index contributed by atoms with van der Waals surface area (Å²) in [5.41, 5.74) is 2.89. The number of carbonyl (C=O) groups is 1. The predicted molar refractivity (Wildman–Crippen MR) is 143 cm³/mol. The van der Waals surface area contributed by atoms with E-state index in [1.54, 1.807) is 13.3 Å². The minimum atomic E-state index is -0.737. The van der Waals surface area contributed by atoms with Crippen molar-refractivity contribution in [2.24, 2.45) is 11.8 Å². The molecule has 6 nitrogen and oxygen atoms in total. The number of halogens is 1. The van der Waals surface area contributed by atoms with Gasteiger partial charge in [-0.2, -0.15) is 0 Å². The number of aromatic nitrogens is 1. The molecule has 2 heterocycles. The normalized spacial score (nSPS) is 19.3. The minimum absolute atomic E-state index is 0.0603. The van der Waals surface area contributed by atoms with Gasteiger partial charge in [0.2, 0.25) is 0 Å². The highest BCUT2D eigenvalue weighted by atomic mass is 35.5. The lowest BCUT2D eigenvalue weighted by Gasteiger charge is -2.37. The highest BCUT2D eigenvalue weighted by Crippen LogP contribution is 2.33. The number of nitrogens with zero attached hydrogens (tertiary/aromatic N) is 2. The molecule has 1 fully saturated rings. The Kier molecular flexibility index (Phi) is 9.19. The van der Waals surface area contributed by atoms with Crippen LogP contribution in [0.4, 0.5) is 0 Å². The van der Waals surface area contributed by atoms with Gasteiger partial charge in [-0.1, -0.05) is 23.7 Å². The average molecular weight is 511 g/mol. The highest BCUT2D eigenvalue weighted by Gasteiger charge is 2.34. The number of rotatable bonds is 11. The molecule has 0 amide bonds. The molecule has 2 N–H and O–H groups in total. The van der Waals surface area contributed by atoms with E-state index in [-0.39, 0.29) is 5.92 Å². The van der Waals surface area contributed by atoms with E-state index in [0.717, 1.165) is 66.0 Å². The Morgan fingerprint density at radius 3 is 2.75 bits per heavy atom. The SMILES string of the molecule is COc1ccc2nccc([C@H](O)CC[C@@H]3CCN(CCCCc4ccc(Cl)cc4)C[C@@H]3C(=O)O)c2c1. The number of pyridine rings is 1. The summed E-state index contributed by atoms with van der Waals surface area (Å²) in [6, 6.07) is 15.4. The third-order valence-electron chi connectivity index (χ3n) is 7.41. The van der Waals surface area contributed by atoms with Crippen LogP contribution in [0.3, 0.4) is 0 Å². The Labute approximate surface area is 217 Å². The third-order valence-corrected chi connectivity index (χ3v) is 7.66. The summed E-state index contributed by atoms with van der Waals surface area (Å²) in [6.07, 6.45) is 6.17. The van der Waals surface area contributed by atoms with Gasteiger partial charge in [0.15, 0.2) is 0 Å². The molecule has 3 atom stereocenters. The molecule has 3 aromatic rings.